The number of nitrogens with zero attached hydrogens (tertiary/aromatic N) is 2. The van der Waals surface area contributed by atoms with Gasteiger partial charge in [0, 0.05) is 35.3 Å². The Hall–Kier alpha value is -4.93. The lowest BCUT2D eigenvalue weighted by atomic mass is 9.67. The van der Waals surface area contributed by atoms with Crippen molar-refractivity contribution < 1.29 is 37.0 Å². The Kier molecular flexibility index (Phi) is 8.57. The van der Waals surface area contributed by atoms with Gasteiger partial charge in [-0.2, -0.15) is 13.2 Å². The highest BCUT2D eigenvalue weighted by Gasteiger charge is 2.51. The Morgan fingerprint density at radius 1 is 0.955 bits per heavy atom. The number of allylic oxidation sites excluding steroid dienone is 2. The maximum absolute atomic E-state index is 14.7. The number of carbonyl (C=O) groups excluding carboxylic acids is 3. The molecule has 0 bridgehead atoms. The average Bonchev–Trinajstić information content (AvgIpc) is 3.01. The van der Waals surface area contributed by atoms with Gasteiger partial charge in [-0.1, -0.05) is 36.4 Å². The van der Waals surface area contributed by atoms with Crippen LogP contribution < -0.4 is 10.6 Å². The zero-order valence-electron chi connectivity index (χ0n) is 24.0. The minimum absolute atomic E-state index is 0.00294. The number of pyridine rings is 1. The molecule has 0 radical (unpaired) electrons. The Bertz CT molecular complexity index is 1620. The first-order valence-electron chi connectivity index (χ1n) is 14.1. The zero-order chi connectivity index (χ0) is 31.6. The molecule has 0 unspecified atom stereocenters. The van der Waals surface area contributed by atoms with Gasteiger partial charge in [0.25, 0.3) is 0 Å². The molecule has 44 heavy (non-hydrogen) atoms. The highest BCUT2D eigenvalue weighted by Crippen LogP contribution is 2.51. The van der Waals surface area contributed by atoms with Crippen LogP contribution in [0.2, 0.25) is 0 Å². The standard InChI is InChI=1S/C33H30F3N3O5/c1-3-43-31(41)26-23(19-9-6-5-7-10-19)17-24-27(29(26)40)25(20-11-8-16-38-18-20)28(32(42)44-4-2)30(37)39(24)22-14-12-21(13-15-22)33(34,35)36/h5-16,18,23,25-26H,3-4,17,37H2,1-2H3/t23-,25-,26-/m1/s1. The molecular formula is C33H30F3N3O5. The van der Waals surface area contributed by atoms with Gasteiger partial charge in [-0.25, -0.2) is 4.79 Å². The van der Waals surface area contributed by atoms with Crippen LogP contribution in [0.3, 0.4) is 0 Å². The topological polar surface area (TPSA) is 112 Å². The zero-order valence-corrected chi connectivity index (χ0v) is 24.0. The lowest BCUT2D eigenvalue weighted by molar-refractivity contribution is -0.152. The number of aromatic nitrogens is 1. The van der Waals surface area contributed by atoms with Gasteiger partial charge >= 0.3 is 18.1 Å². The Balaban J connectivity index is 1.80. The molecule has 0 fully saturated rings. The molecule has 0 saturated carbocycles. The van der Waals surface area contributed by atoms with Gasteiger partial charge in [0.05, 0.1) is 30.3 Å². The smallest absolute Gasteiger partial charge is 0.416 e. The molecule has 1 aliphatic carbocycles. The number of hydrogen-bond donors (Lipinski definition) is 1. The largest absolute Gasteiger partial charge is 0.465 e. The maximum atomic E-state index is 14.7. The van der Waals surface area contributed by atoms with Crippen LogP contribution in [0.5, 0.6) is 0 Å². The summed E-state index contributed by atoms with van der Waals surface area (Å²) in [4.78, 5) is 47.3. The third kappa shape index (κ3) is 5.57. The molecule has 228 valence electrons. The van der Waals surface area contributed by atoms with E-state index in [1.54, 1.807) is 56.3 Å². The summed E-state index contributed by atoms with van der Waals surface area (Å²) >= 11 is 0. The summed E-state index contributed by atoms with van der Waals surface area (Å²) in [5, 5.41) is 0. The van der Waals surface area contributed by atoms with E-state index in [0.29, 0.717) is 16.8 Å². The van der Waals surface area contributed by atoms with Crippen LogP contribution in [-0.4, -0.2) is 35.9 Å². The van der Waals surface area contributed by atoms with E-state index in [2.05, 4.69) is 4.98 Å². The summed E-state index contributed by atoms with van der Waals surface area (Å²) in [5.41, 5.74) is 7.56. The van der Waals surface area contributed by atoms with Gasteiger partial charge in [-0.05, 0) is 61.7 Å². The van der Waals surface area contributed by atoms with Gasteiger partial charge in [-0.15, -0.1) is 0 Å². The van der Waals surface area contributed by atoms with E-state index in [4.69, 9.17) is 15.2 Å². The fourth-order valence-electron chi connectivity index (χ4n) is 5.93. The lowest BCUT2D eigenvalue weighted by Crippen LogP contribution is -2.46. The van der Waals surface area contributed by atoms with Gasteiger partial charge in [-0.3, -0.25) is 19.5 Å². The molecule has 5 rings (SSSR count). The molecule has 2 aromatic carbocycles. The quantitative estimate of drug-likeness (QED) is 0.273. The number of rotatable bonds is 7. The van der Waals surface area contributed by atoms with Crippen molar-refractivity contribution in [2.24, 2.45) is 11.7 Å². The molecule has 1 aliphatic heterocycles. The van der Waals surface area contributed by atoms with E-state index in [-0.39, 0.29) is 42.3 Å². The second-order valence-corrected chi connectivity index (χ2v) is 10.3. The summed E-state index contributed by atoms with van der Waals surface area (Å²) < 4.78 is 51.1. The first-order valence-corrected chi connectivity index (χ1v) is 14.1. The summed E-state index contributed by atoms with van der Waals surface area (Å²) in [6, 6.07) is 16.5. The molecule has 1 aromatic heterocycles. The number of alkyl halides is 3. The van der Waals surface area contributed by atoms with Crippen molar-refractivity contribution in [3.8, 4) is 0 Å². The third-order valence-electron chi connectivity index (χ3n) is 7.77. The van der Waals surface area contributed by atoms with E-state index >= 15 is 0 Å². The van der Waals surface area contributed by atoms with Crippen LogP contribution in [-0.2, 0) is 30.0 Å². The Morgan fingerprint density at radius 3 is 2.20 bits per heavy atom. The number of anilines is 1. The van der Waals surface area contributed by atoms with Crippen molar-refractivity contribution in [3.05, 3.63) is 118 Å². The van der Waals surface area contributed by atoms with Crippen LogP contribution in [0, 0.1) is 5.92 Å². The van der Waals surface area contributed by atoms with E-state index in [0.717, 1.165) is 12.1 Å². The molecule has 0 spiro atoms. The number of ketones is 1. The second kappa shape index (κ2) is 12.4. The second-order valence-electron chi connectivity index (χ2n) is 10.3. The summed E-state index contributed by atoms with van der Waals surface area (Å²) in [7, 11) is 0. The first kappa shape index (κ1) is 30.5. The number of nitrogens with two attached hydrogens (primary N) is 1. The molecule has 0 saturated heterocycles. The van der Waals surface area contributed by atoms with Crippen molar-refractivity contribution in [2.75, 3.05) is 18.1 Å². The highest BCUT2D eigenvalue weighted by molar-refractivity contribution is 6.14. The fourth-order valence-corrected chi connectivity index (χ4v) is 5.93. The molecule has 2 heterocycles. The normalized spacial score (nSPS) is 20.3. The molecule has 3 atom stereocenters. The van der Waals surface area contributed by atoms with Crippen molar-refractivity contribution >= 4 is 23.4 Å². The highest BCUT2D eigenvalue weighted by atomic mass is 19.4. The molecule has 8 nitrogen and oxygen atoms in total. The van der Waals surface area contributed by atoms with E-state index in [1.807, 2.05) is 0 Å². The van der Waals surface area contributed by atoms with Crippen molar-refractivity contribution in [2.45, 2.75) is 38.3 Å². The Labute approximate surface area is 252 Å². The number of halogens is 3. The van der Waals surface area contributed by atoms with Crippen LogP contribution in [0.1, 0.15) is 48.8 Å². The van der Waals surface area contributed by atoms with Crippen LogP contribution in [0.25, 0.3) is 0 Å². The fraction of sp³-hybridized carbons (Fsp3) is 0.273. The molecule has 2 N–H and O–H groups in total. The van der Waals surface area contributed by atoms with Crippen molar-refractivity contribution in [1.29, 1.82) is 0 Å². The molecule has 3 aromatic rings. The van der Waals surface area contributed by atoms with Crippen LogP contribution in [0.15, 0.2) is 102 Å². The molecule has 2 aliphatic rings. The monoisotopic (exact) mass is 605 g/mol. The molecule has 11 heteroatoms. The molecular weight excluding hydrogens is 575 g/mol. The van der Waals surface area contributed by atoms with E-state index < -0.39 is 47.2 Å². The maximum Gasteiger partial charge on any atom is 0.416 e. The number of Topliss-reactive ketones (excluding diaryl/α,β-unsaturated/α-hetero) is 1. The van der Waals surface area contributed by atoms with Crippen molar-refractivity contribution in [3.63, 3.8) is 0 Å². The third-order valence-corrected chi connectivity index (χ3v) is 7.77. The number of ether oxygens (including phenoxy) is 2. The lowest BCUT2D eigenvalue weighted by Gasteiger charge is -2.44. The Morgan fingerprint density at radius 2 is 1.61 bits per heavy atom. The van der Waals surface area contributed by atoms with Gasteiger partial charge in [0.2, 0.25) is 0 Å². The van der Waals surface area contributed by atoms with Crippen LogP contribution >= 0.6 is 0 Å². The predicted octanol–water partition coefficient (Wildman–Crippen LogP) is 5.63. The number of esters is 2. The number of benzene rings is 2. The van der Waals surface area contributed by atoms with Gasteiger partial charge in [0.15, 0.2) is 5.78 Å². The SMILES string of the molecule is CCOC(=O)C1=C(N)N(c2ccc(C(F)(F)F)cc2)C2=C(C(=O)[C@H](C(=O)OCC)[C@@H](c3ccccc3)C2)[C@H]1c1cccnc1. The summed E-state index contributed by atoms with van der Waals surface area (Å²) in [6.07, 6.45) is -1.47. The van der Waals surface area contributed by atoms with Gasteiger partial charge < -0.3 is 15.2 Å². The number of carbonyl (C=O) groups is 3. The molecule has 0 amide bonds. The van der Waals surface area contributed by atoms with Gasteiger partial charge in [0.1, 0.15) is 11.7 Å². The van der Waals surface area contributed by atoms with E-state index in [1.165, 1.54) is 29.4 Å². The summed E-state index contributed by atoms with van der Waals surface area (Å²) in [5.74, 6) is -5.23. The minimum Gasteiger partial charge on any atom is -0.465 e. The first-order chi connectivity index (χ1) is 21.1. The average molecular weight is 606 g/mol. The predicted molar refractivity (Wildman–Crippen MR) is 155 cm³/mol. The number of hydrogen-bond acceptors (Lipinski definition) is 8. The van der Waals surface area contributed by atoms with E-state index in [9.17, 15) is 27.6 Å². The summed E-state index contributed by atoms with van der Waals surface area (Å²) in [6.45, 7) is 3.29. The van der Waals surface area contributed by atoms with Crippen molar-refractivity contribution in [1.82, 2.24) is 4.98 Å². The minimum atomic E-state index is -4.58. The van der Waals surface area contributed by atoms with Crippen LogP contribution in [0.4, 0.5) is 18.9 Å².